The standard InChI is InChI=1S/C22H20N2O3S/c1-27-17-8-6-15(7-9-17)12-23-13-16-14-24(19-5-3-2-4-18(16)19)21-11-10-20(28-21)22(25)26/h2-11,14,23H,12-13H2,1H3,(H,25,26). The minimum atomic E-state index is -0.894. The minimum absolute atomic E-state index is 0.340. The Kier molecular flexibility index (Phi) is 5.14. The van der Waals surface area contributed by atoms with E-state index in [1.165, 1.54) is 22.5 Å². The summed E-state index contributed by atoms with van der Waals surface area (Å²) in [6.45, 7) is 1.47. The van der Waals surface area contributed by atoms with Crippen LogP contribution in [0.15, 0.2) is 66.9 Å². The molecule has 142 valence electrons. The summed E-state index contributed by atoms with van der Waals surface area (Å²) in [6, 6.07) is 19.7. The number of methoxy groups -OCH3 is 1. The Hall–Kier alpha value is -3.09. The second-order valence-electron chi connectivity index (χ2n) is 6.44. The zero-order valence-electron chi connectivity index (χ0n) is 15.4. The lowest BCUT2D eigenvalue weighted by molar-refractivity contribution is 0.0702. The third-order valence-corrected chi connectivity index (χ3v) is 5.71. The average Bonchev–Trinajstić information content (AvgIpc) is 3.34. The van der Waals surface area contributed by atoms with Crippen molar-refractivity contribution in [3.05, 3.63) is 82.9 Å². The van der Waals surface area contributed by atoms with Crippen molar-refractivity contribution in [1.82, 2.24) is 9.88 Å². The predicted molar refractivity (Wildman–Crippen MR) is 112 cm³/mol. The van der Waals surface area contributed by atoms with Gasteiger partial charge in [-0.25, -0.2) is 4.79 Å². The summed E-state index contributed by atoms with van der Waals surface area (Å²) in [4.78, 5) is 11.6. The molecule has 0 aliphatic rings. The second kappa shape index (κ2) is 7.88. The number of carboxylic acids is 1. The Bertz CT molecular complexity index is 1110. The van der Waals surface area contributed by atoms with E-state index in [1.807, 2.05) is 42.5 Å². The summed E-state index contributed by atoms with van der Waals surface area (Å²) in [5.74, 6) is -0.0439. The third kappa shape index (κ3) is 3.65. The normalized spacial score (nSPS) is 11.0. The molecule has 5 nitrogen and oxygen atoms in total. The van der Waals surface area contributed by atoms with Crippen LogP contribution in [0.4, 0.5) is 0 Å². The number of thiophene rings is 1. The van der Waals surface area contributed by atoms with E-state index in [4.69, 9.17) is 4.74 Å². The van der Waals surface area contributed by atoms with Crippen LogP contribution in [-0.2, 0) is 13.1 Å². The fourth-order valence-corrected chi connectivity index (χ4v) is 4.06. The van der Waals surface area contributed by atoms with E-state index in [-0.39, 0.29) is 0 Å². The largest absolute Gasteiger partial charge is 0.497 e. The van der Waals surface area contributed by atoms with E-state index in [0.717, 1.165) is 34.7 Å². The first kappa shape index (κ1) is 18.3. The first-order chi connectivity index (χ1) is 13.7. The maximum absolute atomic E-state index is 11.2. The Balaban J connectivity index is 1.56. The minimum Gasteiger partial charge on any atom is -0.497 e. The molecule has 0 bridgehead atoms. The number of nitrogens with one attached hydrogen (secondary N) is 1. The van der Waals surface area contributed by atoms with Crippen LogP contribution in [0.1, 0.15) is 20.8 Å². The molecule has 28 heavy (non-hydrogen) atoms. The molecular weight excluding hydrogens is 372 g/mol. The number of ether oxygens (including phenoxy) is 1. The lowest BCUT2D eigenvalue weighted by Gasteiger charge is -2.05. The van der Waals surface area contributed by atoms with Crippen molar-refractivity contribution in [3.8, 4) is 10.8 Å². The highest BCUT2D eigenvalue weighted by Crippen LogP contribution is 2.29. The van der Waals surface area contributed by atoms with Crippen molar-refractivity contribution in [2.75, 3.05) is 7.11 Å². The van der Waals surface area contributed by atoms with Gasteiger partial charge < -0.3 is 19.7 Å². The van der Waals surface area contributed by atoms with Gasteiger partial charge in [-0.2, -0.15) is 0 Å². The van der Waals surface area contributed by atoms with Gasteiger partial charge in [0.25, 0.3) is 0 Å². The lowest BCUT2D eigenvalue weighted by atomic mass is 10.1. The Morgan fingerprint density at radius 3 is 2.57 bits per heavy atom. The molecule has 0 atom stereocenters. The highest BCUT2D eigenvalue weighted by molar-refractivity contribution is 7.16. The van der Waals surface area contributed by atoms with Crippen LogP contribution in [0.5, 0.6) is 5.75 Å². The van der Waals surface area contributed by atoms with Crippen molar-refractivity contribution in [2.24, 2.45) is 0 Å². The molecule has 0 aliphatic carbocycles. The van der Waals surface area contributed by atoms with E-state index >= 15 is 0 Å². The highest BCUT2D eigenvalue weighted by atomic mass is 32.1. The fourth-order valence-electron chi connectivity index (χ4n) is 3.23. The second-order valence-corrected chi connectivity index (χ2v) is 7.50. The summed E-state index contributed by atoms with van der Waals surface area (Å²) in [6.07, 6.45) is 2.09. The molecule has 0 unspecified atom stereocenters. The number of para-hydroxylation sites is 1. The molecule has 2 aromatic heterocycles. The maximum atomic E-state index is 11.2. The van der Waals surface area contributed by atoms with Gasteiger partial charge in [0, 0.05) is 24.7 Å². The molecule has 4 rings (SSSR count). The number of aromatic carboxylic acids is 1. The van der Waals surface area contributed by atoms with Gasteiger partial charge in [-0.3, -0.25) is 0 Å². The van der Waals surface area contributed by atoms with Crippen molar-refractivity contribution in [1.29, 1.82) is 0 Å². The molecule has 2 heterocycles. The molecule has 0 fully saturated rings. The molecule has 6 heteroatoms. The van der Waals surface area contributed by atoms with Gasteiger partial charge in [-0.05, 0) is 41.5 Å². The van der Waals surface area contributed by atoms with Crippen molar-refractivity contribution in [3.63, 3.8) is 0 Å². The monoisotopic (exact) mass is 392 g/mol. The molecule has 0 saturated carbocycles. The topological polar surface area (TPSA) is 63.5 Å². The van der Waals surface area contributed by atoms with Gasteiger partial charge in [0.2, 0.25) is 0 Å². The predicted octanol–water partition coefficient (Wildman–Crippen LogP) is 4.69. The fraction of sp³-hybridized carbons (Fsp3) is 0.136. The number of hydrogen-bond acceptors (Lipinski definition) is 4. The summed E-state index contributed by atoms with van der Waals surface area (Å²) in [7, 11) is 1.66. The maximum Gasteiger partial charge on any atom is 0.345 e. The number of aromatic nitrogens is 1. The SMILES string of the molecule is COc1ccc(CNCc2cn(-c3ccc(C(=O)O)s3)c3ccccc23)cc1. The van der Waals surface area contributed by atoms with E-state index in [2.05, 4.69) is 28.2 Å². The van der Waals surface area contributed by atoms with Crippen molar-refractivity contribution < 1.29 is 14.6 Å². The van der Waals surface area contributed by atoms with Gasteiger partial charge in [0.15, 0.2) is 0 Å². The molecule has 0 radical (unpaired) electrons. The number of carboxylic acid groups (broad SMARTS) is 1. The number of fused-ring (bicyclic) bond motifs is 1. The van der Waals surface area contributed by atoms with Crippen molar-refractivity contribution in [2.45, 2.75) is 13.1 Å². The van der Waals surface area contributed by atoms with Gasteiger partial charge >= 0.3 is 5.97 Å². The number of benzene rings is 2. The molecule has 4 aromatic rings. The van der Waals surface area contributed by atoms with Gasteiger partial charge in [0.05, 0.1) is 12.6 Å². The molecule has 2 N–H and O–H groups in total. The Morgan fingerprint density at radius 2 is 1.86 bits per heavy atom. The van der Waals surface area contributed by atoms with Crippen LogP contribution in [0.25, 0.3) is 15.9 Å². The zero-order valence-corrected chi connectivity index (χ0v) is 16.2. The molecule has 2 aromatic carbocycles. The van der Waals surface area contributed by atoms with Gasteiger partial charge in [-0.1, -0.05) is 30.3 Å². The average molecular weight is 392 g/mol. The quantitative estimate of drug-likeness (QED) is 0.479. The van der Waals surface area contributed by atoms with E-state index in [9.17, 15) is 9.90 Å². The van der Waals surface area contributed by atoms with E-state index in [0.29, 0.717) is 4.88 Å². The summed E-state index contributed by atoms with van der Waals surface area (Å²) >= 11 is 1.28. The van der Waals surface area contributed by atoms with E-state index < -0.39 is 5.97 Å². The van der Waals surface area contributed by atoms with Gasteiger partial charge in [-0.15, -0.1) is 11.3 Å². The number of hydrogen-bond donors (Lipinski definition) is 2. The van der Waals surface area contributed by atoms with E-state index in [1.54, 1.807) is 13.2 Å². The Labute approximate surface area is 166 Å². The summed E-state index contributed by atoms with van der Waals surface area (Å²) < 4.78 is 7.26. The molecule has 0 spiro atoms. The number of rotatable bonds is 7. The third-order valence-electron chi connectivity index (χ3n) is 4.64. The summed E-state index contributed by atoms with van der Waals surface area (Å²) in [5.41, 5.74) is 3.44. The number of carbonyl (C=O) groups is 1. The van der Waals surface area contributed by atoms with Crippen LogP contribution in [-0.4, -0.2) is 22.8 Å². The lowest BCUT2D eigenvalue weighted by Crippen LogP contribution is -2.12. The summed E-state index contributed by atoms with van der Waals surface area (Å²) in [5, 5.41) is 14.8. The van der Waals surface area contributed by atoms with Gasteiger partial charge in [0.1, 0.15) is 15.6 Å². The molecular formula is C22H20N2O3S. The molecule has 0 saturated heterocycles. The van der Waals surface area contributed by atoms with Crippen molar-refractivity contribution >= 4 is 28.2 Å². The first-order valence-electron chi connectivity index (χ1n) is 8.92. The van der Waals surface area contributed by atoms with Crippen LogP contribution in [0, 0.1) is 0 Å². The highest BCUT2D eigenvalue weighted by Gasteiger charge is 2.13. The zero-order chi connectivity index (χ0) is 19.5. The molecule has 0 amide bonds. The van der Waals surface area contributed by atoms with Crippen LogP contribution < -0.4 is 10.1 Å². The Morgan fingerprint density at radius 1 is 1.07 bits per heavy atom. The smallest absolute Gasteiger partial charge is 0.345 e. The first-order valence-corrected chi connectivity index (χ1v) is 9.73. The van der Waals surface area contributed by atoms with Crippen LogP contribution in [0.3, 0.4) is 0 Å². The van der Waals surface area contributed by atoms with Crippen LogP contribution >= 0.6 is 11.3 Å². The number of nitrogens with zero attached hydrogens (tertiary/aromatic N) is 1. The molecule has 0 aliphatic heterocycles. The van der Waals surface area contributed by atoms with Crippen LogP contribution in [0.2, 0.25) is 0 Å².